The monoisotopic (exact) mass is 330 g/mol. The minimum absolute atomic E-state index is 0.0287. The Morgan fingerprint density at radius 2 is 1.71 bits per heavy atom. The molecule has 5 nitrogen and oxygen atoms in total. The molecule has 2 amide bonds. The van der Waals surface area contributed by atoms with E-state index in [1.165, 1.54) is 11.1 Å². The van der Waals surface area contributed by atoms with Gasteiger partial charge in [0.25, 0.3) is 0 Å². The third-order valence-corrected chi connectivity index (χ3v) is 3.96. The van der Waals surface area contributed by atoms with Gasteiger partial charge in [0.1, 0.15) is 0 Å². The van der Waals surface area contributed by atoms with Gasteiger partial charge in [0.15, 0.2) is 5.78 Å². The highest BCUT2D eigenvalue weighted by molar-refractivity contribution is 5.98. The van der Waals surface area contributed by atoms with E-state index in [1.54, 1.807) is 0 Å². The molecule has 0 atom stereocenters. The fraction of sp³-hybridized carbons (Fsp3) is 0.526. The summed E-state index contributed by atoms with van der Waals surface area (Å²) in [5.41, 5.74) is 2.93. The van der Waals surface area contributed by atoms with Crippen LogP contribution in [0.15, 0.2) is 18.2 Å². The number of fused-ring (bicyclic) bond motifs is 1. The first kappa shape index (κ1) is 18.2. The Morgan fingerprint density at radius 3 is 2.42 bits per heavy atom. The van der Waals surface area contributed by atoms with Gasteiger partial charge in [-0.1, -0.05) is 12.1 Å². The van der Waals surface area contributed by atoms with Crippen molar-refractivity contribution in [2.75, 3.05) is 6.54 Å². The number of aryl methyl sites for hydroxylation is 2. The van der Waals surface area contributed by atoms with Crippen molar-refractivity contribution in [3.05, 3.63) is 34.9 Å². The fourth-order valence-corrected chi connectivity index (χ4v) is 2.85. The molecule has 1 aromatic carbocycles. The van der Waals surface area contributed by atoms with Gasteiger partial charge in [-0.25, -0.2) is 0 Å². The van der Waals surface area contributed by atoms with Gasteiger partial charge in [-0.2, -0.15) is 0 Å². The molecule has 24 heavy (non-hydrogen) atoms. The van der Waals surface area contributed by atoms with E-state index < -0.39 is 0 Å². The summed E-state index contributed by atoms with van der Waals surface area (Å²) in [4.78, 5) is 35.6. The number of carbonyl (C=O) groups is 3. The van der Waals surface area contributed by atoms with Gasteiger partial charge in [-0.15, -0.1) is 0 Å². The summed E-state index contributed by atoms with van der Waals surface area (Å²) in [5.74, 6) is -0.548. The van der Waals surface area contributed by atoms with Gasteiger partial charge in [0.2, 0.25) is 11.8 Å². The topological polar surface area (TPSA) is 75.3 Å². The SMILES string of the molecule is CC(C)(C)NC(=O)CNC(=O)CCC(=O)c1ccc2c(c1)CCC2. The largest absolute Gasteiger partial charge is 0.350 e. The highest BCUT2D eigenvalue weighted by atomic mass is 16.2. The molecule has 0 aromatic heterocycles. The minimum Gasteiger partial charge on any atom is -0.350 e. The molecule has 0 spiro atoms. The van der Waals surface area contributed by atoms with E-state index >= 15 is 0 Å². The molecule has 0 bridgehead atoms. The van der Waals surface area contributed by atoms with Crippen molar-refractivity contribution in [2.24, 2.45) is 0 Å². The number of ketones is 1. The molecule has 1 aromatic rings. The van der Waals surface area contributed by atoms with Crippen LogP contribution >= 0.6 is 0 Å². The lowest BCUT2D eigenvalue weighted by atomic mass is 10.0. The predicted octanol–water partition coefficient (Wildman–Crippen LogP) is 2.17. The molecule has 0 unspecified atom stereocenters. The van der Waals surface area contributed by atoms with E-state index in [0.717, 1.165) is 19.3 Å². The van der Waals surface area contributed by atoms with Crippen molar-refractivity contribution in [3.63, 3.8) is 0 Å². The Balaban J connectivity index is 1.75. The molecule has 2 rings (SSSR count). The average molecular weight is 330 g/mol. The molecule has 0 saturated heterocycles. The zero-order chi connectivity index (χ0) is 17.7. The second kappa shape index (κ2) is 7.60. The summed E-state index contributed by atoms with van der Waals surface area (Å²) >= 11 is 0. The quantitative estimate of drug-likeness (QED) is 0.785. The Kier molecular flexibility index (Phi) is 5.75. The fourth-order valence-electron chi connectivity index (χ4n) is 2.85. The Bertz CT molecular complexity index is 645. The van der Waals surface area contributed by atoms with E-state index in [0.29, 0.717) is 5.56 Å². The Labute approximate surface area is 143 Å². The molecular formula is C19H26N2O3. The minimum atomic E-state index is -0.328. The lowest BCUT2D eigenvalue weighted by molar-refractivity contribution is -0.126. The van der Waals surface area contributed by atoms with Gasteiger partial charge >= 0.3 is 0 Å². The highest BCUT2D eigenvalue weighted by Gasteiger charge is 2.16. The van der Waals surface area contributed by atoms with E-state index in [-0.39, 0.29) is 42.5 Å². The van der Waals surface area contributed by atoms with Gasteiger partial charge in [-0.05, 0) is 57.2 Å². The molecule has 1 aliphatic carbocycles. The lowest BCUT2D eigenvalue weighted by Gasteiger charge is -2.20. The molecule has 0 aliphatic heterocycles. The smallest absolute Gasteiger partial charge is 0.239 e. The van der Waals surface area contributed by atoms with Crippen LogP contribution in [0.2, 0.25) is 0 Å². The van der Waals surface area contributed by atoms with E-state index in [9.17, 15) is 14.4 Å². The number of nitrogens with one attached hydrogen (secondary N) is 2. The Morgan fingerprint density at radius 1 is 1.00 bits per heavy atom. The first-order valence-electron chi connectivity index (χ1n) is 8.47. The third kappa shape index (κ3) is 5.48. The van der Waals surface area contributed by atoms with Crippen molar-refractivity contribution < 1.29 is 14.4 Å². The maximum absolute atomic E-state index is 12.2. The van der Waals surface area contributed by atoms with Gasteiger partial charge in [0, 0.05) is 23.9 Å². The molecule has 5 heteroatoms. The standard InChI is InChI=1S/C19H26N2O3/c1-19(2,3)21-18(24)12-20-17(23)10-9-16(22)15-8-7-13-5-4-6-14(13)11-15/h7-8,11H,4-6,9-10,12H2,1-3H3,(H,20,23)(H,21,24). The van der Waals surface area contributed by atoms with Gasteiger partial charge in [0.05, 0.1) is 6.54 Å². The van der Waals surface area contributed by atoms with Crippen molar-refractivity contribution >= 4 is 17.6 Å². The normalized spacial score (nSPS) is 13.3. The summed E-state index contributed by atoms with van der Waals surface area (Å²) in [6, 6.07) is 5.83. The number of hydrogen-bond donors (Lipinski definition) is 2. The maximum Gasteiger partial charge on any atom is 0.239 e. The summed E-state index contributed by atoms with van der Waals surface area (Å²) in [6.07, 6.45) is 3.51. The average Bonchev–Trinajstić information content (AvgIpc) is 2.96. The number of hydrogen-bond acceptors (Lipinski definition) is 3. The summed E-state index contributed by atoms with van der Waals surface area (Å²) in [5, 5.41) is 5.32. The van der Waals surface area contributed by atoms with Gasteiger partial charge in [-0.3, -0.25) is 14.4 Å². The van der Waals surface area contributed by atoms with Crippen LogP contribution in [0.3, 0.4) is 0 Å². The Hall–Kier alpha value is -2.17. The molecule has 0 saturated carbocycles. The number of amides is 2. The van der Waals surface area contributed by atoms with Crippen molar-refractivity contribution in [3.8, 4) is 0 Å². The molecule has 2 N–H and O–H groups in total. The molecular weight excluding hydrogens is 304 g/mol. The van der Waals surface area contributed by atoms with Crippen LogP contribution in [-0.4, -0.2) is 29.7 Å². The molecule has 0 fully saturated rings. The number of rotatable bonds is 6. The van der Waals surface area contributed by atoms with E-state index in [4.69, 9.17) is 0 Å². The highest BCUT2D eigenvalue weighted by Crippen LogP contribution is 2.23. The summed E-state index contributed by atoms with van der Waals surface area (Å²) in [7, 11) is 0. The van der Waals surface area contributed by atoms with Crippen molar-refractivity contribution in [1.82, 2.24) is 10.6 Å². The van der Waals surface area contributed by atoms with Gasteiger partial charge < -0.3 is 10.6 Å². The van der Waals surface area contributed by atoms with Crippen molar-refractivity contribution in [1.29, 1.82) is 0 Å². The number of Topliss-reactive ketones (excluding diaryl/α,β-unsaturated/α-hetero) is 1. The summed E-state index contributed by atoms with van der Waals surface area (Å²) < 4.78 is 0. The van der Waals surface area contributed by atoms with Crippen LogP contribution in [0.4, 0.5) is 0 Å². The lowest BCUT2D eigenvalue weighted by Crippen LogP contribution is -2.45. The van der Waals surface area contributed by atoms with Crippen molar-refractivity contribution in [2.45, 2.75) is 58.4 Å². The zero-order valence-electron chi connectivity index (χ0n) is 14.7. The third-order valence-electron chi connectivity index (χ3n) is 3.96. The second-order valence-corrected chi connectivity index (χ2v) is 7.34. The van der Waals surface area contributed by atoms with E-state index in [2.05, 4.69) is 10.6 Å². The molecule has 0 heterocycles. The molecule has 1 aliphatic rings. The summed E-state index contributed by atoms with van der Waals surface area (Å²) in [6.45, 7) is 5.56. The molecule has 130 valence electrons. The van der Waals surface area contributed by atoms with Crippen LogP contribution in [0.1, 0.15) is 61.5 Å². The first-order valence-corrected chi connectivity index (χ1v) is 8.47. The van der Waals surface area contributed by atoms with Crippen LogP contribution in [0.5, 0.6) is 0 Å². The van der Waals surface area contributed by atoms with Crippen LogP contribution in [-0.2, 0) is 22.4 Å². The number of benzene rings is 1. The maximum atomic E-state index is 12.2. The molecule has 0 radical (unpaired) electrons. The van der Waals surface area contributed by atoms with Crippen LogP contribution in [0.25, 0.3) is 0 Å². The van der Waals surface area contributed by atoms with Crippen LogP contribution < -0.4 is 10.6 Å². The number of carbonyl (C=O) groups excluding carboxylic acids is 3. The predicted molar refractivity (Wildman–Crippen MR) is 92.9 cm³/mol. The second-order valence-electron chi connectivity index (χ2n) is 7.34. The van der Waals surface area contributed by atoms with E-state index in [1.807, 2.05) is 39.0 Å². The first-order chi connectivity index (χ1) is 11.2. The zero-order valence-corrected chi connectivity index (χ0v) is 14.7. The van der Waals surface area contributed by atoms with Crippen LogP contribution in [0, 0.1) is 0 Å².